The molecule has 0 amide bonds. The van der Waals surface area contributed by atoms with Crippen molar-refractivity contribution in [3.05, 3.63) is 24.0 Å². The van der Waals surface area contributed by atoms with Crippen molar-refractivity contribution in [1.82, 2.24) is 13.6 Å². The molecule has 2 N–H and O–H groups in total. The standard InChI is InChI=1S/C12H19N3O4S/c1-14-7-4-5-10(14)9-13-20(18,19)15-8-3-2-6-11(15)12(16)17/h4-5,7,11,13H,2-3,6,8-9H2,1H3,(H,16,17). The Morgan fingerprint density at radius 1 is 1.50 bits per heavy atom. The van der Waals surface area contributed by atoms with Crippen molar-refractivity contribution in [2.75, 3.05) is 6.54 Å². The molecule has 7 nitrogen and oxygen atoms in total. The second-order valence-corrected chi connectivity index (χ2v) is 6.60. The third-order valence-corrected chi connectivity index (χ3v) is 5.10. The van der Waals surface area contributed by atoms with Crippen LogP contribution in [0.5, 0.6) is 0 Å². The summed E-state index contributed by atoms with van der Waals surface area (Å²) in [4.78, 5) is 11.2. The predicted octanol–water partition coefficient (Wildman–Crippen LogP) is 0.299. The van der Waals surface area contributed by atoms with E-state index in [9.17, 15) is 13.2 Å². The van der Waals surface area contributed by atoms with Crippen LogP contribution in [0.15, 0.2) is 18.3 Å². The second-order valence-electron chi connectivity index (χ2n) is 4.90. The van der Waals surface area contributed by atoms with Crippen LogP contribution in [0, 0.1) is 0 Å². The quantitative estimate of drug-likeness (QED) is 0.818. The molecule has 1 aliphatic heterocycles. The highest BCUT2D eigenvalue weighted by atomic mass is 32.2. The lowest BCUT2D eigenvalue weighted by Crippen LogP contribution is -2.52. The van der Waals surface area contributed by atoms with Crippen LogP contribution in [0.1, 0.15) is 25.0 Å². The average Bonchev–Trinajstić information content (AvgIpc) is 2.82. The minimum atomic E-state index is -3.78. The molecule has 0 aliphatic carbocycles. The Kier molecular flexibility index (Phi) is 4.46. The van der Waals surface area contributed by atoms with Crippen molar-refractivity contribution in [3.8, 4) is 0 Å². The Morgan fingerprint density at radius 2 is 2.25 bits per heavy atom. The first kappa shape index (κ1) is 15.0. The molecular weight excluding hydrogens is 282 g/mol. The fourth-order valence-electron chi connectivity index (χ4n) is 2.37. The molecule has 2 rings (SSSR count). The van der Waals surface area contributed by atoms with E-state index in [0.29, 0.717) is 12.8 Å². The van der Waals surface area contributed by atoms with Crippen LogP contribution in [0.3, 0.4) is 0 Å². The van der Waals surface area contributed by atoms with Gasteiger partial charge < -0.3 is 9.67 Å². The molecule has 8 heteroatoms. The van der Waals surface area contributed by atoms with Crippen LogP contribution < -0.4 is 4.72 Å². The maximum absolute atomic E-state index is 12.2. The Labute approximate surface area is 118 Å². The van der Waals surface area contributed by atoms with Gasteiger partial charge in [0.2, 0.25) is 0 Å². The molecule has 1 unspecified atom stereocenters. The zero-order valence-corrected chi connectivity index (χ0v) is 12.1. The van der Waals surface area contributed by atoms with Crippen LogP contribution in [-0.2, 0) is 28.6 Å². The minimum absolute atomic E-state index is 0.147. The highest BCUT2D eigenvalue weighted by Gasteiger charge is 2.36. The van der Waals surface area contributed by atoms with Gasteiger partial charge in [0.1, 0.15) is 6.04 Å². The number of aliphatic carboxylic acids is 1. The molecule has 1 fully saturated rings. The lowest BCUT2D eigenvalue weighted by Gasteiger charge is -2.31. The second kappa shape index (κ2) is 5.94. The first-order valence-electron chi connectivity index (χ1n) is 6.51. The van der Waals surface area contributed by atoms with Gasteiger partial charge in [-0.3, -0.25) is 4.79 Å². The Bertz CT molecular complexity index is 581. The van der Waals surface area contributed by atoms with Gasteiger partial charge in [0, 0.05) is 25.5 Å². The molecule has 0 saturated carbocycles. The number of aryl methyl sites for hydroxylation is 1. The molecule has 1 aromatic rings. The number of aromatic nitrogens is 1. The summed E-state index contributed by atoms with van der Waals surface area (Å²) < 4.78 is 29.8. The zero-order valence-electron chi connectivity index (χ0n) is 11.3. The van der Waals surface area contributed by atoms with Crippen molar-refractivity contribution in [3.63, 3.8) is 0 Å². The number of nitrogens with zero attached hydrogens (tertiary/aromatic N) is 2. The zero-order chi connectivity index (χ0) is 14.8. The number of piperidine rings is 1. The van der Waals surface area contributed by atoms with Crippen LogP contribution >= 0.6 is 0 Å². The number of carbonyl (C=O) groups is 1. The SMILES string of the molecule is Cn1cccc1CNS(=O)(=O)N1CCCCC1C(=O)O. The van der Waals surface area contributed by atoms with E-state index in [0.717, 1.165) is 16.4 Å². The number of nitrogens with one attached hydrogen (secondary N) is 1. The van der Waals surface area contributed by atoms with Crippen molar-refractivity contribution in [1.29, 1.82) is 0 Å². The monoisotopic (exact) mass is 301 g/mol. The Hall–Kier alpha value is -1.38. The summed E-state index contributed by atoms with van der Waals surface area (Å²) in [7, 11) is -1.96. The average molecular weight is 301 g/mol. The number of hydrogen-bond donors (Lipinski definition) is 2. The molecule has 0 aromatic carbocycles. The van der Waals surface area contributed by atoms with Crippen molar-refractivity contribution in [2.45, 2.75) is 31.8 Å². The molecule has 0 radical (unpaired) electrons. The third kappa shape index (κ3) is 3.20. The highest BCUT2D eigenvalue weighted by Crippen LogP contribution is 2.20. The van der Waals surface area contributed by atoms with E-state index in [1.165, 1.54) is 0 Å². The van der Waals surface area contributed by atoms with Crippen molar-refractivity contribution < 1.29 is 18.3 Å². The summed E-state index contributed by atoms with van der Waals surface area (Å²) in [6, 6.07) is 2.67. The van der Waals surface area contributed by atoms with E-state index in [-0.39, 0.29) is 13.1 Å². The number of carboxylic acid groups (broad SMARTS) is 1. The molecular formula is C12H19N3O4S. The molecule has 1 atom stereocenters. The van der Waals surface area contributed by atoms with Crippen LogP contribution in [0.4, 0.5) is 0 Å². The summed E-state index contributed by atoms with van der Waals surface area (Å²) in [5.41, 5.74) is 0.817. The van der Waals surface area contributed by atoms with Gasteiger partial charge in [-0.25, -0.2) is 0 Å². The van der Waals surface area contributed by atoms with Gasteiger partial charge in [0.15, 0.2) is 0 Å². The first-order valence-corrected chi connectivity index (χ1v) is 7.95. The molecule has 112 valence electrons. The predicted molar refractivity (Wildman–Crippen MR) is 73.2 cm³/mol. The highest BCUT2D eigenvalue weighted by molar-refractivity contribution is 7.87. The molecule has 0 bridgehead atoms. The van der Waals surface area contributed by atoms with Gasteiger partial charge in [0.25, 0.3) is 10.2 Å². The van der Waals surface area contributed by atoms with Gasteiger partial charge in [-0.15, -0.1) is 0 Å². The van der Waals surface area contributed by atoms with Gasteiger partial charge >= 0.3 is 5.97 Å². The Balaban J connectivity index is 2.08. The van der Waals surface area contributed by atoms with E-state index in [2.05, 4.69) is 4.72 Å². The molecule has 2 heterocycles. The maximum Gasteiger partial charge on any atom is 0.322 e. The minimum Gasteiger partial charge on any atom is -0.480 e. The van der Waals surface area contributed by atoms with E-state index in [1.54, 1.807) is 0 Å². The fraction of sp³-hybridized carbons (Fsp3) is 0.583. The topological polar surface area (TPSA) is 91.6 Å². The van der Waals surface area contributed by atoms with E-state index < -0.39 is 22.2 Å². The summed E-state index contributed by atoms with van der Waals surface area (Å²) >= 11 is 0. The van der Waals surface area contributed by atoms with E-state index in [1.807, 2.05) is 29.9 Å². The first-order chi connectivity index (χ1) is 9.42. The summed E-state index contributed by atoms with van der Waals surface area (Å²) in [6.45, 7) is 0.397. The normalized spacial score (nSPS) is 20.9. The molecule has 1 aliphatic rings. The van der Waals surface area contributed by atoms with Crippen LogP contribution in [0.2, 0.25) is 0 Å². The Morgan fingerprint density at radius 3 is 2.85 bits per heavy atom. The van der Waals surface area contributed by atoms with E-state index in [4.69, 9.17) is 5.11 Å². The molecule has 0 spiro atoms. The molecule has 20 heavy (non-hydrogen) atoms. The summed E-state index contributed by atoms with van der Waals surface area (Å²) in [6.07, 6.45) is 3.61. The lowest BCUT2D eigenvalue weighted by molar-refractivity contribution is -0.142. The van der Waals surface area contributed by atoms with Gasteiger partial charge in [-0.2, -0.15) is 17.4 Å². The van der Waals surface area contributed by atoms with Gasteiger partial charge in [0.05, 0.1) is 6.54 Å². The summed E-state index contributed by atoms with van der Waals surface area (Å²) in [5, 5.41) is 9.13. The van der Waals surface area contributed by atoms with Gasteiger partial charge in [-0.1, -0.05) is 0 Å². The number of hydrogen-bond acceptors (Lipinski definition) is 3. The third-order valence-electron chi connectivity index (χ3n) is 3.53. The largest absolute Gasteiger partial charge is 0.480 e. The number of carboxylic acids is 1. The maximum atomic E-state index is 12.2. The summed E-state index contributed by atoms with van der Waals surface area (Å²) in [5.74, 6) is -1.09. The van der Waals surface area contributed by atoms with Gasteiger partial charge in [-0.05, 0) is 31.4 Å². The molecule has 1 saturated heterocycles. The smallest absolute Gasteiger partial charge is 0.322 e. The fourth-order valence-corrected chi connectivity index (χ4v) is 3.76. The lowest BCUT2D eigenvalue weighted by atomic mass is 10.1. The van der Waals surface area contributed by atoms with E-state index >= 15 is 0 Å². The van der Waals surface area contributed by atoms with Crippen molar-refractivity contribution >= 4 is 16.2 Å². The van der Waals surface area contributed by atoms with Crippen LogP contribution in [0.25, 0.3) is 0 Å². The molecule has 1 aromatic heterocycles. The van der Waals surface area contributed by atoms with Crippen LogP contribution in [-0.4, -0.2) is 41.0 Å². The number of rotatable bonds is 5. The van der Waals surface area contributed by atoms with Crippen molar-refractivity contribution in [2.24, 2.45) is 7.05 Å².